The van der Waals surface area contributed by atoms with Gasteiger partial charge in [-0.1, -0.05) is 20.8 Å². The molecule has 0 aromatic heterocycles. The Morgan fingerprint density at radius 2 is 1.32 bits per heavy atom. The molecule has 10 atom stereocenters. The molecule has 5 heterocycles. The van der Waals surface area contributed by atoms with Crippen molar-refractivity contribution in [3.8, 4) is 0 Å². The number of rotatable bonds is 5. The van der Waals surface area contributed by atoms with Gasteiger partial charge in [0.05, 0.1) is 12.7 Å². The largest absolute Gasteiger partial charge is 0.409 e. The highest BCUT2D eigenvalue weighted by Gasteiger charge is 2.62. The van der Waals surface area contributed by atoms with Crippen LogP contribution < -0.4 is 0 Å². The van der Waals surface area contributed by atoms with Crippen LogP contribution in [-0.4, -0.2) is 93.7 Å². The molecule has 0 aromatic carbocycles. The Morgan fingerprint density at radius 1 is 0.711 bits per heavy atom. The summed E-state index contributed by atoms with van der Waals surface area (Å²) in [6, 6.07) is 0. The normalized spacial score (nSPS) is 45.8. The fourth-order valence-electron chi connectivity index (χ4n) is 5.70. The van der Waals surface area contributed by atoms with Gasteiger partial charge in [-0.25, -0.2) is 0 Å². The average Bonchev–Trinajstić information content (AvgIpc) is 3.44. The Morgan fingerprint density at radius 3 is 1.92 bits per heavy atom. The Kier molecular flexibility index (Phi) is 7.27. The van der Waals surface area contributed by atoms with Crippen molar-refractivity contribution in [2.75, 3.05) is 6.61 Å². The molecule has 0 saturated carbocycles. The second kappa shape index (κ2) is 9.42. The van der Waals surface area contributed by atoms with E-state index in [1.165, 1.54) is 0 Å². The molecule has 5 rings (SSSR count). The van der Waals surface area contributed by atoms with Gasteiger partial charge in [0.25, 0.3) is 0 Å². The summed E-state index contributed by atoms with van der Waals surface area (Å²) < 4.78 is 63.6. The van der Waals surface area contributed by atoms with Crippen LogP contribution in [0, 0.1) is 0 Å². The van der Waals surface area contributed by atoms with Crippen LogP contribution in [0.25, 0.3) is 0 Å². The summed E-state index contributed by atoms with van der Waals surface area (Å²) in [5.41, 5.74) is 0. The van der Waals surface area contributed by atoms with E-state index in [2.05, 4.69) is 33.9 Å². The lowest BCUT2D eigenvalue weighted by atomic mass is 9.99. The molecule has 0 radical (unpaired) electrons. The zero-order chi connectivity index (χ0) is 28.1. The summed E-state index contributed by atoms with van der Waals surface area (Å²) in [7, 11) is -2.12. The van der Waals surface area contributed by atoms with Gasteiger partial charge in [-0.3, -0.25) is 0 Å². The van der Waals surface area contributed by atoms with Gasteiger partial charge in [0.15, 0.2) is 38.3 Å². The van der Waals surface area contributed by atoms with E-state index in [1.54, 1.807) is 0 Å². The van der Waals surface area contributed by atoms with Gasteiger partial charge in [0.1, 0.15) is 42.7 Å². The fourth-order valence-corrected chi connectivity index (χ4v) is 7.05. The topological polar surface area (TPSA) is 92.3 Å². The summed E-state index contributed by atoms with van der Waals surface area (Å²) in [4.78, 5) is 0. The van der Waals surface area contributed by atoms with Gasteiger partial charge in [0, 0.05) is 0 Å². The molecule has 5 aliphatic heterocycles. The Labute approximate surface area is 228 Å². The zero-order valence-corrected chi connectivity index (χ0v) is 26.1. The van der Waals surface area contributed by atoms with Gasteiger partial charge < -0.3 is 47.1 Å². The summed E-state index contributed by atoms with van der Waals surface area (Å²) >= 11 is 0. The number of hydrogen-bond donors (Lipinski definition) is 0. The lowest BCUT2D eigenvalue weighted by Crippen LogP contribution is -2.61. The standard InChI is InChI=1S/C27H48O10Si/c1-14-16(37-38(11,12)24(2,3)4)19-21(35-26(7,8)33-19)22(29-14)31-18-17(15-13-28-25(5,6)32-15)30-23-20(18)34-27(9,10)36-23/h14-23H,13H2,1-12H3/t14-,15+,16-,17+,18-,19+,20+,21+,22-,23+/m0/s1. The quantitative estimate of drug-likeness (QED) is 0.459. The molecule has 38 heavy (non-hydrogen) atoms. The third kappa shape index (κ3) is 5.50. The molecule has 0 N–H and O–H groups in total. The van der Waals surface area contributed by atoms with Crippen LogP contribution in [0.2, 0.25) is 18.1 Å². The number of ether oxygens (including phenoxy) is 9. The average molecular weight is 561 g/mol. The fraction of sp³-hybridized carbons (Fsp3) is 1.00. The molecule has 0 unspecified atom stereocenters. The lowest BCUT2D eigenvalue weighted by Gasteiger charge is -2.47. The van der Waals surface area contributed by atoms with Gasteiger partial charge >= 0.3 is 0 Å². The van der Waals surface area contributed by atoms with E-state index in [1.807, 2.05) is 48.5 Å². The van der Waals surface area contributed by atoms with Crippen LogP contribution in [0.15, 0.2) is 0 Å². The van der Waals surface area contributed by atoms with Crippen LogP contribution in [0.1, 0.15) is 69.2 Å². The summed E-state index contributed by atoms with van der Waals surface area (Å²) in [6.45, 7) is 24.9. The highest BCUT2D eigenvalue weighted by atomic mass is 28.4. The Bertz CT molecular complexity index is 886. The molecule has 5 aliphatic rings. The highest BCUT2D eigenvalue weighted by Crippen LogP contribution is 2.46. The van der Waals surface area contributed by atoms with Gasteiger partial charge in [-0.05, 0) is 66.6 Å². The molecule has 0 aromatic rings. The molecule has 11 heteroatoms. The van der Waals surface area contributed by atoms with Crippen molar-refractivity contribution < 1.29 is 47.1 Å². The van der Waals surface area contributed by atoms with Gasteiger partial charge in [-0.2, -0.15) is 0 Å². The van der Waals surface area contributed by atoms with Crippen molar-refractivity contribution in [2.24, 2.45) is 0 Å². The summed E-state index contributed by atoms with van der Waals surface area (Å²) in [6.07, 6.45) is -4.56. The molecular weight excluding hydrogens is 512 g/mol. The van der Waals surface area contributed by atoms with Crippen LogP contribution >= 0.6 is 0 Å². The molecule has 5 saturated heterocycles. The van der Waals surface area contributed by atoms with E-state index in [4.69, 9.17) is 47.1 Å². The van der Waals surface area contributed by atoms with Crippen molar-refractivity contribution in [3.05, 3.63) is 0 Å². The first-order chi connectivity index (χ1) is 17.3. The third-order valence-electron chi connectivity index (χ3n) is 8.52. The minimum atomic E-state index is -2.12. The molecule has 5 fully saturated rings. The van der Waals surface area contributed by atoms with Crippen LogP contribution in [0.5, 0.6) is 0 Å². The second-order valence-corrected chi connectivity index (χ2v) is 18.9. The minimum Gasteiger partial charge on any atom is -0.409 e. The smallest absolute Gasteiger partial charge is 0.192 e. The number of hydrogen-bond acceptors (Lipinski definition) is 10. The van der Waals surface area contributed by atoms with Crippen molar-refractivity contribution in [2.45, 2.75) is 166 Å². The molecule has 0 bridgehead atoms. The maximum Gasteiger partial charge on any atom is 0.192 e. The monoisotopic (exact) mass is 560 g/mol. The van der Waals surface area contributed by atoms with E-state index in [0.29, 0.717) is 6.61 Å². The maximum absolute atomic E-state index is 6.85. The van der Waals surface area contributed by atoms with Gasteiger partial charge in [0.2, 0.25) is 0 Å². The molecule has 0 aliphatic carbocycles. The molecule has 10 nitrogen and oxygen atoms in total. The van der Waals surface area contributed by atoms with E-state index < -0.39 is 62.7 Å². The maximum atomic E-state index is 6.85. The predicted octanol–water partition coefficient (Wildman–Crippen LogP) is 4.05. The molecule has 0 spiro atoms. The van der Waals surface area contributed by atoms with Gasteiger partial charge in [-0.15, -0.1) is 0 Å². The Balaban J connectivity index is 1.39. The van der Waals surface area contributed by atoms with E-state index in [-0.39, 0.29) is 29.5 Å². The SMILES string of the molecule is C[C@@H]1O[C@@H](O[C@@H]2[C@H]3OC(C)(C)O[C@H]3O[C@@H]2[C@H]2COC(C)(C)O2)[C@@H]2OC(C)(C)O[C@@H]2[C@H]1O[Si](C)(C)C(C)(C)C. The van der Waals surface area contributed by atoms with Crippen LogP contribution in [0.4, 0.5) is 0 Å². The molecule has 220 valence electrons. The lowest BCUT2D eigenvalue weighted by molar-refractivity contribution is -0.304. The first-order valence-corrected chi connectivity index (χ1v) is 16.9. The first-order valence-electron chi connectivity index (χ1n) is 13.9. The van der Waals surface area contributed by atoms with Crippen molar-refractivity contribution >= 4 is 8.32 Å². The zero-order valence-electron chi connectivity index (χ0n) is 25.1. The van der Waals surface area contributed by atoms with E-state index in [0.717, 1.165) is 0 Å². The van der Waals surface area contributed by atoms with E-state index in [9.17, 15) is 0 Å². The minimum absolute atomic E-state index is 0.0394. The van der Waals surface area contributed by atoms with Crippen LogP contribution in [-0.2, 0) is 47.1 Å². The summed E-state index contributed by atoms with van der Waals surface area (Å²) in [5.74, 6) is -2.32. The molecular formula is C27H48O10Si. The first kappa shape index (κ1) is 29.3. The van der Waals surface area contributed by atoms with Crippen LogP contribution in [0.3, 0.4) is 0 Å². The van der Waals surface area contributed by atoms with Crippen molar-refractivity contribution in [1.29, 1.82) is 0 Å². The summed E-state index contributed by atoms with van der Waals surface area (Å²) in [5, 5.41) is 0.0394. The third-order valence-corrected chi connectivity index (χ3v) is 13.0. The molecule has 0 amide bonds. The second-order valence-electron chi connectivity index (χ2n) is 14.2. The highest BCUT2D eigenvalue weighted by molar-refractivity contribution is 6.74. The van der Waals surface area contributed by atoms with Crippen molar-refractivity contribution in [1.82, 2.24) is 0 Å². The van der Waals surface area contributed by atoms with E-state index >= 15 is 0 Å². The van der Waals surface area contributed by atoms with Crippen molar-refractivity contribution in [3.63, 3.8) is 0 Å². The number of fused-ring (bicyclic) bond motifs is 2. The Hall–Kier alpha value is -0.183. The predicted molar refractivity (Wildman–Crippen MR) is 139 cm³/mol.